The quantitative estimate of drug-likeness (QED) is 0.00598. The molecule has 67 heavy (non-hydrogen) atoms. The van der Waals surface area contributed by atoms with Gasteiger partial charge in [0.2, 0.25) is 0 Å². The minimum absolute atomic E-state index is 0.0197. The van der Waals surface area contributed by atoms with Gasteiger partial charge >= 0.3 is 16.1 Å². The summed E-state index contributed by atoms with van der Waals surface area (Å²) in [5.41, 5.74) is 3.50. The van der Waals surface area contributed by atoms with Gasteiger partial charge in [0.15, 0.2) is 24.0 Å². The lowest BCUT2D eigenvalue weighted by atomic mass is 10.2. The Kier molecular flexibility index (Phi) is 26.0. The summed E-state index contributed by atoms with van der Waals surface area (Å²) in [5, 5.41) is 7.81. The summed E-state index contributed by atoms with van der Waals surface area (Å²) in [6, 6.07) is 41.2. The highest BCUT2D eigenvalue weighted by molar-refractivity contribution is 8.08. The summed E-state index contributed by atoms with van der Waals surface area (Å²) in [6.45, 7) is 6.76. The molecule has 0 N–H and O–H groups in total. The highest BCUT2D eigenvalue weighted by Crippen LogP contribution is 2.31. The lowest BCUT2D eigenvalue weighted by Gasteiger charge is -2.19. The van der Waals surface area contributed by atoms with Gasteiger partial charge in [-0.3, -0.25) is 4.79 Å². The van der Waals surface area contributed by atoms with Crippen LogP contribution in [0.2, 0.25) is 0 Å². The number of hydrogen-bond donors (Lipinski definition) is 0. The smallest absolute Gasteiger partial charge is 0.323 e. The van der Waals surface area contributed by atoms with Gasteiger partial charge in [-0.15, -0.1) is 8.67 Å². The average molecular weight is 989 g/mol. The highest BCUT2D eigenvalue weighted by Gasteiger charge is 2.18. The van der Waals surface area contributed by atoms with Gasteiger partial charge in [0, 0.05) is 30.2 Å². The number of ether oxygens (including phenoxy) is 7. The third-order valence-corrected chi connectivity index (χ3v) is 11.1. The van der Waals surface area contributed by atoms with Crippen molar-refractivity contribution in [3.05, 3.63) is 150 Å². The maximum Gasteiger partial charge on any atom is 0.323 e. The molecular weight excluding hydrogens is 933 g/mol. The highest BCUT2D eigenvalue weighted by atomic mass is 32.3. The van der Waals surface area contributed by atoms with E-state index in [0.29, 0.717) is 56.2 Å². The molecule has 5 rings (SSSR count). The summed E-state index contributed by atoms with van der Waals surface area (Å²) in [4.78, 5) is 20.1. The van der Waals surface area contributed by atoms with Crippen molar-refractivity contribution in [1.29, 1.82) is 0 Å². The normalized spacial score (nSPS) is 12.5. The van der Waals surface area contributed by atoms with Crippen LogP contribution < -0.4 is 23.1 Å². The third kappa shape index (κ3) is 24.6. The van der Waals surface area contributed by atoms with Crippen LogP contribution in [-0.2, 0) is 76.9 Å². The van der Waals surface area contributed by atoms with Crippen molar-refractivity contribution in [3.8, 4) is 28.7 Å². The van der Waals surface area contributed by atoms with Crippen LogP contribution in [-0.4, -0.2) is 78.1 Å². The van der Waals surface area contributed by atoms with Crippen LogP contribution in [0.3, 0.4) is 0 Å². The van der Waals surface area contributed by atoms with Gasteiger partial charge in [0.25, 0.3) is 0 Å². The predicted octanol–water partition coefficient (Wildman–Crippen LogP) is 9.21. The zero-order valence-corrected chi connectivity index (χ0v) is 40.2. The molecule has 0 amide bonds. The van der Waals surface area contributed by atoms with E-state index in [4.69, 9.17) is 37.3 Å². The number of carbonyl (C=O) groups is 1. The first-order valence-corrected chi connectivity index (χ1v) is 24.2. The summed E-state index contributed by atoms with van der Waals surface area (Å²) in [7, 11) is -1.56. The Morgan fingerprint density at radius 3 is 1.33 bits per heavy atom. The van der Waals surface area contributed by atoms with Crippen LogP contribution in [0.25, 0.3) is 0 Å². The molecule has 0 bridgehead atoms. The first-order valence-electron chi connectivity index (χ1n) is 20.8. The lowest BCUT2D eigenvalue weighted by molar-refractivity contribution is -0.447. The standard InChI is InChI=1S/C28H34O10S2.C19H22O7S/c1-22(32-16-14-24-10-6-4-7-11-24)34-26-18-27(35-23(2)33-17-15-25-12-8-5-9-13-25)20-28(19-26)36-40(29,30)21-39-38-37-31-3;1-15(22-13-12-16-6-4-3-5-7-16)23-17-8-10-18(11-9-17)24-19(20)14-27-26-25-21-2/h4-13,18-20,22-23H,14-17,21H2,1-3H3;3-11,15H,12-14H2,1-2H3. The van der Waals surface area contributed by atoms with Gasteiger partial charge < -0.3 is 37.3 Å². The fraction of sp³-hybridized carbons (Fsp3) is 0.340. The van der Waals surface area contributed by atoms with Gasteiger partial charge in [-0.2, -0.15) is 8.42 Å². The van der Waals surface area contributed by atoms with E-state index in [2.05, 4.69) is 40.7 Å². The van der Waals surface area contributed by atoms with Crippen LogP contribution in [0, 0.1) is 0 Å². The van der Waals surface area contributed by atoms with Gasteiger partial charge in [-0.1, -0.05) is 101 Å². The molecule has 0 radical (unpaired) electrons. The van der Waals surface area contributed by atoms with Crippen molar-refractivity contribution in [2.75, 3.05) is 44.9 Å². The molecule has 0 spiro atoms. The third-order valence-electron chi connectivity index (χ3n) is 8.45. The Morgan fingerprint density at radius 2 is 0.896 bits per heavy atom. The van der Waals surface area contributed by atoms with Gasteiger partial charge in [0.05, 0.1) is 46.1 Å². The van der Waals surface area contributed by atoms with Crippen molar-refractivity contribution in [2.45, 2.75) is 58.9 Å². The Hall–Kier alpha value is -4.94. The lowest BCUT2D eigenvalue weighted by Crippen LogP contribution is -2.19. The van der Waals surface area contributed by atoms with E-state index in [1.807, 2.05) is 85.8 Å². The van der Waals surface area contributed by atoms with Crippen LogP contribution in [0.4, 0.5) is 0 Å². The van der Waals surface area contributed by atoms with Crippen LogP contribution in [0.5, 0.6) is 28.7 Å². The fourth-order valence-corrected chi connectivity index (χ4v) is 7.14. The van der Waals surface area contributed by atoms with Crippen molar-refractivity contribution < 1.29 is 79.1 Å². The zero-order chi connectivity index (χ0) is 48.0. The van der Waals surface area contributed by atoms with E-state index in [-0.39, 0.29) is 23.0 Å². The largest absolute Gasteiger partial charge is 0.465 e. The first kappa shape index (κ1) is 54.7. The summed E-state index contributed by atoms with van der Waals surface area (Å²) in [6.07, 6.45) is 0.608. The second-order valence-corrected chi connectivity index (χ2v) is 17.0. The monoisotopic (exact) mass is 988 g/mol. The number of hydrogen-bond acceptors (Lipinski definition) is 19. The van der Waals surface area contributed by atoms with Gasteiger partial charge in [-0.05, 0) is 81.0 Å². The molecule has 364 valence electrons. The van der Waals surface area contributed by atoms with Crippen molar-refractivity contribution in [1.82, 2.24) is 0 Å². The van der Waals surface area contributed by atoms with Crippen LogP contribution in [0.15, 0.2) is 133 Å². The maximum atomic E-state index is 12.4. The zero-order valence-electron chi connectivity index (χ0n) is 37.8. The summed E-state index contributed by atoms with van der Waals surface area (Å²) >= 11 is 1.25. The first-order chi connectivity index (χ1) is 32.5. The molecule has 20 heteroatoms. The topological polar surface area (TPSA) is 180 Å². The molecule has 0 aliphatic rings. The van der Waals surface area contributed by atoms with E-state index in [1.54, 1.807) is 44.2 Å². The van der Waals surface area contributed by atoms with E-state index in [9.17, 15) is 13.2 Å². The van der Waals surface area contributed by atoms with Gasteiger partial charge in [0.1, 0.15) is 34.5 Å². The Balaban J connectivity index is 0.000000316. The van der Waals surface area contributed by atoms with Gasteiger partial charge in [-0.25, -0.2) is 9.78 Å². The second kappa shape index (κ2) is 31.9. The fourth-order valence-electron chi connectivity index (χ4n) is 5.53. The van der Waals surface area contributed by atoms with E-state index in [0.717, 1.165) is 29.6 Å². The van der Waals surface area contributed by atoms with Crippen molar-refractivity contribution in [2.24, 2.45) is 0 Å². The minimum atomic E-state index is -4.07. The Labute approximate surface area is 400 Å². The molecule has 3 unspecified atom stereocenters. The Bertz CT molecular complexity index is 2120. The Morgan fingerprint density at radius 1 is 0.507 bits per heavy atom. The molecular formula is C47H56O17S3. The number of carbonyl (C=O) groups excluding carboxylic acids is 1. The molecule has 17 nitrogen and oxygen atoms in total. The summed E-state index contributed by atoms with van der Waals surface area (Å²) in [5.74, 6) is 1.05. The maximum absolute atomic E-state index is 12.4. The van der Waals surface area contributed by atoms with E-state index in [1.165, 1.54) is 31.9 Å². The molecule has 0 heterocycles. The number of esters is 1. The number of benzene rings is 5. The second-order valence-electron chi connectivity index (χ2n) is 13.7. The van der Waals surface area contributed by atoms with Crippen LogP contribution in [0.1, 0.15) is 37.5 Å². The van der Waals surface area contributed by atoms with Crippen molar-refractivity contribution >= 4 is 40.2 Å². The molecule has 0 aromatic heterocycles. The minimum Gasteiger partial charge on any atom is -0.465 e. The molecule has 5 aromatic carbocycles. The van der Waals surface area contributed by atoms with E-state index >= 15 is 0 Å². The predicted molar refractivity (Wildman–Crippen MR) is 250 cm³/mol. The molecule has 0 fully saturated rings. The molecule has 5 aromatic rings. The SMILES string of the molecule is COOOSCC(=O)Oc1ccc(OC(C)OCCc2ccccc2)cc1.COOOSCS(=O)(=O)Oc1cc(OC(C)OCCc2ccccc2)cc(OC(C)OCCc2ccccc2)c1. The van der Waals surface area contributed by atoms with Crippen LogP contribution >= 0.6 is 24.1 Å². The number of rotatable bonds is 31. The summed E-state index contributed by atoms with van der Waals surface area (Å²) < 4.78 is 78.9. The van der Waals surface area contributed by atoms with Crippen molar-refractivity contribution in [3.63, 3.8) is 0 Å². The molecule has 0 aliphatic carbocycles. The molecule has 0 aliphatic heterocycles. The average Bonchev–Trinajstić information content (AvgIpc) is 3.31. The molecule has 0 saturated heterocycles. The molecule has 0 saturated carbocycles. The molecule has 3 atom stereocenters. The van der Waals surface area contributed by atoms with E-state index < -0.39 is 40.0 Å².